The largest absolute Gasteiger partial charge is 0.396 e. The zero-order chi connectivity index (χ0) is 10.6. The summed E-state index contributed by atoms with van der Waals surface area (Å²) in [6.07, 6.45) is 5.57. The van der Waals surface area contributed by atoms with Gasteiger partial charge in [0.25, 0.3) is 0 Å². The minimum absolute atomic E-state index is 0.0207. The lowest BCUT2D eigenvalue weighted by atomic mass is 9.93. The normalized spacial score (nSPS) is 21.4. The highest BCUT2D eigenvalue weighted by Crippen LogP contribution is 2.27. The molecule has 1 fully saturated rings. The average Bonchev–Trinajstić information content (AvgIpc) is 2.67. The third kappa shape index (κ3) is 3.58. The predicted octanol–water partition coefficient (Wildman–Crippen LogP) is 2.17. The van der Waals surface area contributed by atoms with Crippen LogP contribution in [0.3, 0.4) is 0 Å². The van der Waals surface area contributed by atoms with Crippen LogP contribution in [0.1, 0.15) is 46.5 Å². The fourth-order valence-corrected chi connectivity index (χ4v) is 2.12. The van der Waals surface area contributed by atoms with E-state index in [1.807, 2.05) is 0 Å². The molecule has 0 radical (unpaired) electrons. The van der Waals surface area contributed by atoms with E-state index >= 15 is 0 Å². The molecule has 0 aromatic rings. The van der Waals surface area contributed by atoms with Crippen LogP contribution in [0.5, 0.6) is 0 Å². The Morgan fingerprint density at radius 2 is 1.93 bits per heavy atom. The number of aliphatic hydroxyl groups is 1. The fraction of sp³-hybridized carbons (Fsp3) is 1.00. The van der Waals surface area contributed by atoms with Crippen molar-refractivity contribution in [1.29, 1.82) is 0 Å². The lowest BCUT2D eigenvalue weighted by Gasteiger charge is -2.27. The molecule has 1 rings (SSSR count). The van der Waals surface area contributed by atoms with Gasteiger partial charge >= 0.3 is 0 Å². The minimum Gasteiger partial charge on any atom is -0.396 e. The molecular weight excluding hydrogens is 174 g/mol. The summed E-state index contributed by atoms with van der Waals surface area (Å²) in [6, 6.07) is 0.614. The highest BCUT2D eigenvalue weighted by atomic mass is 16.3. The molecule has 2 heteroatoms. The van der Waals surface area contributed by atoms with Crippen LogP contribution in [0.4, 0.5) is 0 Å². The summed E-state index contributed by atoms with van der Waals surface area (Å²) in [5.41, 5.74) is 0.0207. The summed E-state index contributed by atoms with van der Waals surface area (Å²) in [5.74, 6) is 0.865. The lowest BCUT2D eigenvalue weighted by Crippen LogP contribution is -2.40. The Bertz CT molecular complexity index is 162. The van der Waals surface area contributed by atoms with Crippen molar-refractivity contribution in [1.82, 2.24) is 5.32 Å². The van der Waals surface area contributed by atoms with Crippen LogP contribution in [0.25, 0.3) is 0 Å². The maximum absolute atomic E-state index is 9.13. The third-order valence-corrected chi connectivity index (χ3v) is 3.44. The third-order valence-electron chi connectivity index (χ3n) is 3.44. The molecule has 1 aliphatic carbocycles. The SMILES string of the molecule is CC(NCC(C)(C)CO)C1CCCC1. The minimum atomic E-state index is 0.0207. The number of hydrogen-bond acceptors (Lipinski definition) is 2. The molecule has 0 saturated heterocycles. The molecule has 14 heavy (non-hydrogen) atoms. The summed E-state index contributed by atoms with van der Waals surface area (Å²) in [7, 11) is 0. The second-order valence-corrected chi connectivity index (χ2v) is 5.54. The molecule has 2 nitrogen and oxygen atoms in total. The molecule has 0 heterocycles. The van der Waals surface area contributed by atoms with Gasteiger partial charge in [0.15, 0.2) is 0 Å². The first kappa shape index (κ1) is 12.0. The summed E-state index contributed by atoms with van der Waals surface area (Å²) in [4.78, 5) is 0. The molecular formula is C12H25NO. The van der Waals surface area contributed by atoms with Gasteiger partial charge in [-0.3, -0.25) is 0 Å². The molecule has 0 amide bonds. The molecule has 2 N–H and O–H groups in total. The molecule has 0 bridgehead atoms. The van der Waals surface area contributed by atoms with Crippen molar-refractivity contribution < 1.29 is 5.11 Å². The van der Waals surface area contributed by atoms with Crippen molar-refractivity contribution in [2.45, 2.75) is 52.5 Å². The Labute approximate surface area is 88.1 Å². The van der Waals surface area contributed by atoms with E-state index < -0.39 is 0 Å². The van der Waals surface area contributed by atoms with E-state index in [-0.39, 0.29) is 12.0 Å². The zero-order valence-electron chi connectivity index (χ0n) is 9.84. The molecule has 0 aliphatic heterocycles. The molecule has 0 aromatic heterocycles. The number of nitrogens with one attached hydrogen (secondary N) is 1. The molecule has 1 atom stereocenters. The van der Waals surface area contributed by atoms with Crippen LogP contribution >= 0.6 is 0 Å². The van der Waals surface area contributed by atoms with E-state index in [2.05, 4.69) is 26.1 Å². The van der Waals surface area contributed by atoms with Gasteiger partial charge in [0.2, 0.25) is 0 Å². The van der Waals surface area contributed by atoms with Crippen LogP contribution in [0, 0.1) is 11.3 Å². The van der Waals surface area contributed by atoms with E-state index in [1.165, 1.54) is 25.7 Å². The zero-order valence-corrected chi connectivity index (χ0v) is 9.84. The summed E-state index contributed by atoms with van der Waals surface area (Å²) >= 11 is 0. The van der Waals surface area contributed by atoms with Gasteiger partial charge in [0.05, 0.1) is 0 Å². The Kier molecular flexibility index (Phi) is 4.39. The maximum Gasteiger partial charge on any atom is 0.0494 e. The lowest BCUT2D eigenvalue weighted by molar-refractivity contribution is 0.150. The summed E-state index contributed by atoms with van der Waals surface area (Å²) in [5, 5.41) is 12.7. The number of rotatable bonds is 5. The fourth-order valence-electron chi connectivity index (χ4n) is 2.12. The predicted molar refractivity (Wildman–Crippen MR) is 60.3 cm³/mol. The second kappa shape index (κ2) is 5.13. The van der Waals surface area contributed by atoms with E-state index in [9.17, 15) is 0 Å². The first-order valence-electron chi connectivity index (χ1n) is 5.89. The quantitative estimate of drug-likeness (QED) is 0.711. The molecule has 1 unspecified atom stereocenters. The van der Waals surface area contributed by atoms with Crippen LogP contribution < -0.4 is 5.32 Å². The molecule has 0 aromatic carbocycles. The molecule has 1 saturated carbocycles. The van der Waals surface area contributed by atoms with Gasteiger partial charge in [-0.1, -0.05) is 26.7 Å². The second-order valence-electron chi connectivity index (χ2n) is 5.54. The maximum atomic E-state index is 9.13. The smallest absolute Gasteiger partial charge is 0.0494 e. The standard InChI is InChI=1S/C12H25NO/c1-10(11-6-4-5-7-11)13-8-12(2,3)9-14/h10-11,13-14H,4-9H2,1-3H3. The van der Waals surface area contributed by atoms with Crippen LogP contribution in [0.15, 0.2) is 0 Å². The highest BCUT2D eigenvalue weighted by molar-refractivity contribution is 4.80. The van der Waals surface area contributed by atoms with Crippen LogP contribution in [-0.4, -0.2) is 24.3 Å². The van der Waals surface area contributed by atoms with E-state index in [0.717, 1.165) is 12.5 Å². The number of aliphatic hydroxyl groups excluding tert-OH is 1. The first-order valence-corrected chi connectivity index (χ1v) is 5.89. The van der Waals surface area contributed by atoms with E-state index in [0.29, 0.717) is 6.04 Å². The Morgan fingerprint density at radius 3 is 2.43 bits per heavy atom. The van der Waals surface area contributed by atoms with Crippen LogP contribution in [-0.2, 0) is 0 Å². The van der Waals surface area contributed by atoms with Gasteiger partial charge in [-0.2, -0.15) is 0 Å². The van der Waals surface area contributed by atoms with Gasteiger partial charge in [-0.15, -0.1) is 0 Å². The molecule has 1 aliphatic rings. The van der Waals surface area contributed by atoms with Crippen molar-refractivity contribution in [3.05, 3.63) is 0 Å². The first-order chi connectivity index (χ1) is 6.55. The topological polar surface area (TPSA) is 32.3 Å². The van der Waals surface area contributed by atoms with Crippen molar-refractivity contribution in [3.63, 3.8) is 0 Å². The van der Waals surface area contributed by atoms with Gasteiger partial charge < -0.3 is 10.4 Å². The van der Waals surface area contributed by atoms with E-state index in [4.69, 9.17) is 5.11 Å². The average molecular weight is 199 g/mol. The van der Waals surface area contributed by atoms with Crippen molar-refractivity contribution in [3.8, 4) is 0 Å². The Balaban J connectivity index is 2.23. The summed E-state index contributed by atoms with van der Waals surface area (Å²) in [6.45, 7) is 7.66. The Morgan fingerprint density at radius 1 is 1.36 bits per heavy atom. The van der Waals surface area contributed by atoms with Crippen molar-refractivity contribution >= 4 is 0 Å². The van der Waals surface area contributed by atoms with Crippen LogP contribution in [0.2, 0.25) is 0 Å². The van der Waals surface area contributed by atoms with Gasteiger partial charge in [-0.05, 0) is 25.7 Å². The van der Waals surface area contributed by atoms with Gasteiger partial charge in [0.1, 0.15) is 0 Å². The summed E-state index contributed by atoms with van der Waals surface area (Å²) < 4.78 is 0. The van der Waals surface area contributed by atoms with Crippen molar-refractivity contribution in [2.24, 2.45) is 11.3 Å². The highest BCUT2D eigenvalue weighted by Gasteiger charge is 2.23. The van der Waals surface area contributed by atoms with E-state index in [1.54, 1.807) is 0 Å². The van der Waals surface area contributed by atoms with Gasteiger partial charge in [-0.25, -0.2) is 0 Å². The number of hydrogen-bond donors (Lipinski definition) is 2. The monoisotopic (exact) mass is 199 g/mol. The molecule has 84 valence electrons. The Hall–Kier alpha value is -0.0800. The van der Waals surface area contributed by atoms with Gasteiger partial charge in [0, 0.05) is 24.6 Å². The van der Waals surface area contributed by atoms with Crippen molar-refractivity contribution in [2.75, 3.05) is 13.2 Å². The molecule has 0 spiro atoms.